The minimum Gasteiger partial charge on any atom is -0.399 e. The maximum Gasteiger partial charge on any atom is 0.132 e. The minimum atomic E-state index is 0.433. The molecule has 0 saturated heterocycles. The van der Waals surface area contributed by atoms with Crippen LogP contribution in [0.15, 0.2) is 36.5 Å². The zero-order valence-corrected chi connectivity index (χ0v) is 10.2. The molecule has 0 saturated carbocycles. The zero-order chi connectivity index (χ0) is 12.3. The summed E-state index contributed by atoms with van der Waals surface area (Å²) in [7, 11) is 0. The van der Waals surface area contributed by atoms with Crippen molar-refractivity contribution in [3.05, 3.63) is 53.6 Å². The second kappa shape index (κ2) is 4.95. The van der Waals surface area contributed by atoms with Crippen LogP contribution in [0, 0.1) is 0 Å². The summed E-state index contributed by atoms with van der Waals surface area (Å²) in [6, 6.07) is 9.81. The van der Waals surface area contributed by atoms with Gasteiger partial charge in [0.05, 0.1) is 0 Å². The Balaban J connectivity index is 2.18. The molecule has 0 aliphatic carbocycles. The van der Waals surface area contributed by atoms with Crippen molar-refractivity contribution in [1.82, 2.24) is 9.97 Å². The van der Waals surface area contributed by atoms with Gasteiger partial charge in [-0.05, 0) is 29.7 Å². The Morgan fingerprint density at radius 1 is 1.12 bits per heavy atom. The topological polar surface area (TPSA) is 51.8 Å². The number of nitrogen functional groups attached to an aromatic ring is 1. The first kappa shape index (κ1) is 11.6. The molecule has 3 heteroatoms. The van der Waals surface area contributed by atoms with E-state index in [9.17, 15) is 0 Å². The molecule has 0 atom stereocenters. The van der Waals surface area contributed by atoms with Crippen molar-refractivity contribution in [3.63, 3.8) is 0 Å². The Morgan fingerprint density at radius 2 is 1.82 bits per heavy atom. The first-order valence-corrected chi connectivity index (χ1v) is 5.81. The van der Waals surface area contributed by atoms with Gasteiger partial charge in [0.1, 0.15) is 5.82 Å². The smallest absolute Gasteiger partial charge is 0.132 e. The normalized spacial score (nSPS) is 10.8. The Morgan fingerprint density at radius 3 is 2.47 bits per heavy atom. The molecular weight excluding hydrogens is 210 g/mol. The van der Waals surface area contributed by atoms with Gasteiger partial charge in [0, 0.05) is 24.0 Å². The summed E-state index contributed by atoms with van der Waals surface area (Å²) < 4.78 is 0. The van der Waals surface area contributed by atoms with Crippen LogP contribution in [0.25, 0.3) is 0 Å². The molecule has 2 N–H and O–H groups in total. The highest BCUT2D eigenvalue weighted by Crippen LogP contribution is 2.13. The van der Waals surface area contributed by atoms with E-state index in [1.165, 1.54) is 5.56 Å². The lowest BCUT2D eigenvalue weighted by Crippen LogP contribution is -2.01. The molecule has 0 unspecified atom stereocenters. The van der Waals surface area contributed by atoms with Crippen molar-refractivity contribution in [1.29, 1.82) is 0 Å². The van der Waals surface area contributed by atoms with E-state index in [1.54, 1.807) is 0 Å². The number of anilines is 1. The van der Waals surface area contributed by atoms with Gasteiger partial charge in [-0.3, -0.25) is 0 Å². The highest BCUT2D eigenvalue weighted by Gasteiger charge is 2.04. The Bertz CT molecular complexity index is 489. The third-order valence-corrected chi connectivity index (χ3v) is 2.66. The highest BCUT2D eigenvalue weighted by molar-refractivity contribution is 5.39. The maximum atomic E-state index is 5.65. The van der Waals surface area contributed by atoms with Crippen LogP contribution in [-0.4, -0.2) is 9.97 Å². The zero-order valence-electron chi connectivity index (χ0n) is 10.2. The van der Waals surface area contributed by atoms with E-state index >= 15 is 0 Å². The van der Waals surface area contributed by atoms with Gasteiger partial charge >= 0.3 is 0 Å². The summed E-state index contributed by atoms with van der Waals surface area (Å²) in [5, 5.41) is 0. The van der Waals surface area contributed by atoms with E-state index in [0.717, 1.165) is 23.6 Å². The Labute approximate surface area is 102 Å². The summed E-state index contributed by atoms with van der Waals surface area (Å²) in [6.07, 6.45) is 2.58. The van der Waals surface area contributed by atoms with Gasteiger partial charge in [-0.2, -0.15) is 0 Å². The van der Waals surface area contributed by atoms with Crippen LogP contribution in [-0.2, 0) is 6.42 Å². The lowest BCUT2D eigenvalue weighted by atomic mass is 10.1. The summed E-state index contributed by atoms with van der Waals surface area (Å²) in [6.45, 7) is 4.27. The molecule has 0 amide bonds. The molecule has 0 aliphatic heterocycles. The summed E-state index contributed by atoms with van der Waals surface area (Å²) >= 11 is 0. The number of hydrogen-bond acceptors (Lipinski definition) is 3. The van der Waals surface area contributed by atoms with Crippen molar-refractivity contribution >= 4 is 5.69 Å². The molecule has 3 nitrogen and oxygen atoms in total. The van der Waals surface area contributed by atoms with Gasteiger partial charge in [-0.1, -0.05) is 26.0 Å². The summed E-state index contributed by atoms with van der Waals surface area (Å²) in [4.78, 5) is 8.84. The number of rotatable bonds is 3. The van der Waals surface area contributed by atoms with Crippen molar-refractivity contribution in [3.8, 4) is 0 Å². The average Bonchev–Trinajstić information content (AvgIpc) is 2.32. The number of hydrogen-bond donors (Lipinski definition) is 1. The van der Waals surface area contributed by atoms with E-state index < -0.39 is 0 Å². The SMILES string of the molecule is CC(C)c1ccnc(Cc2ccc(N)cc2)n1. The van der Waals surface area contributed by atoms with Gasteiger partial charge in [-0.25, -0.2) is 9.97 Å². The van der Waals surface area contributed by atoms with E-state index in [4.69, 9.17) is 5.73 Å². The maximum absolute atomic E-state index is 5.65. The standard InChI is InChI=1S/C14H17N3/c1-10(2)13-7-8-16-14(17-13)9-11-3-5-12(15)6-4-11/h3-8,10H,9,15H2,1-2H3. The van der Waals surface area contributed by atoms with Gasteiger partial charge in [0.2, 0.25) is 0 Å². The molecule has 0 aliphatic rings. The fourth-order valence-corrected chi connectivity index (χ4v) is 1.64. The molecule has 17 heavy (non-hydrogen) atoms. The van der Waals surface area contributed by atoms with Crippen LogP contribution in [0.4, 0.5) is 5.69 Å². The quantitative estimate of drug-likeness (QED) is 0.820. The van der Waals surface area contributed by atoms with Crippen molar-refractivity contribution in [2.45, 2.75) is 26.2 Å². The molecule has 2 aromatic rings. The van der Waals surface area contributed by atoms with Gasteiger partial charge < -0.3 is 5.73 Å². The number of benzene rings is 1. The van der Waals surface area contributed by atoms with Gasteiger partial charge in [-0.15, -0.1) is 0 Å². The van der Waals surface area contributed by atoms with Crippen molar-refractivity contribution in [2.75, 3.05) is 5.73 Å². The van der Waals surface area contributed by atoms with E-state index in [0.29, 0.717) is 5.92 Å². The highest BCUT2D eigenvalue weighted by atomic mass is 14.9. The summed E-state index contributed by atoms with van der Waals surface area (Å²) in [5.41, 5.74) is 8.70. The van der Waals surface area contributed by atoms with Crippen LogP contribution in [0.3, 0.4) is 0 Å². The molecule has 0 radical (unpaired) electrons. The van der Waals surface area contributed by atoms with Crippen LogP contribution in [0.5, 0.6) is 0 Å². The largest absolute Gasteiger partial charge is 0.399 e. The number of aromatic nitrogens is 2. The van der Waals surface area contributed by atoms with Gasteiger partial charge in [0.15, 0.2) is 0 Å². The fourth-order valence-electron chi connectivity index (χ4n) is 1.64. The third-order valence-electron chi connectivity index (χ3n) is 2.66. The molecule has 1 aromatic heterocycles. The van der Waals surface area contributed by atoms with Crippen molar-refractivity contribution in [2.24, 2.45) is 0 Å². The Kier molecular flexibility index (Phi) is 3.38. The van der Waals surface area contributed by atoms with Crippen LogP contribution < -0.4 is 5.73 Å². The van der Waals surface area contributed by atoms with E-state index in [2.05, 4.69) is 23.8 Å². The van der Waals surface area contributed by atoms with Gasteiger partial charge in [0.25, 0.3) is 0 Å². The predicted molar refractivity (Wildman–Crippen MR) is 69.8 cm³/mol. The predicted octanol–water partition coefficient (Wildman–Crippen LogP) is 2.77. The lowest BCUT2D eigenvalue weighted by molar-refractivity contribution is 0.791. The van der Waals surface area contributed by atoms with Crippen LogP contribution in [0.1, 0.15) is 36.8 Å². The second-order valence-electron chi connectivity index (χ2n) is 4.47. The van der Waals surface area contributed by atoms with Crippen molar-refractivity contribution < 1.29 is 0 Å². The lowest BCUT2D eigenvalue weighted by Gasteiger charge is -2.06. The Hall–Kier alpha value is -1.90. The minimum absolute atomic E-state index is 0.433. The fraction of sp³-hybridized carbons (Fsp3) is 0.286. The van der Waals surface area contributed by atoms with Crippen LogP contribution in [0.2, 0.25) is 0 Å². The molecule has 0 fully saturated rings. The third kappa shape index (κ3) is 3.03. The van der Waals surface area contributed by atoms with E-state index in [1.807, 2.05) is 36.5 Å². The first-order chi connectivity index (χ1) is 8.15. The molecule has 0 spiro atoms. The number of nitrogens with zero attached hydrogens (tertiary/aromatic N) is 2. The molecular formula is C14H17N3. The molecule has 2 rings (SSSR count). The first-order valence-electron chi connectivity index (χ1n) is 5.81. The summed E-state index contributed by atoms with van der Waals surface area (Å²) in [5.74, 6) is 1.30. The van der Waals surface area contributed by atoms with Crippen LogP contribution >= 0.6 is 0 Å². The monoisotopic (exact) mass is 227 g/mol. The van der Waals surface area contributed by atoms with E-state index in [-0.39, 0.29) is 0 Å². The average molecular weight is 227 g/mol. The molecule has 0 bridgehead atoms. The molecule has 1 heterocycles. The molecule has 1 aromatic carbocycles. The second-order valence-corrected chi connectivity index (χ2v) is 4.47. The number of nitrogens with two attached hydrogens (primary N) is 1. The molecule has 88 valence electrons.